The van der Waals surface area contributed by atoms with Gasteiger partial charge in [-0.15, -0.1) is 0 Å². The lowest BCUT2D eigenvalue weighted by Gasteiger charge is -2.36. The molecule has 1 amide bonds. The molecule has 4 heteroatoms. The van der Waals surface area contributed by atoms with E-state index in [1.165, 1.54) is 5.56 Å². The minimum atomic E-state index is -0.400. The highest BCUT2D eigenvalue weighted by atomic mass is 16.5. The predicted molar refractivity (Wildman–Crippen MR) is 99.4 cm³/mol. The Bertz CT molecular complexity index is 652. The lowest BCUT2D eigenvalue weighted by atomic mass is 10.1. The molecule has 132 valence electrons. The van der Waals surface area contributed by atoms with Crippen LogP contribution >= 0.6 is 0 Å². The monoisotopic (exact) mass is 338 g/mol. The molecule has 25 heavy (non-hydrogen) atoms. The van der Waals surface area contributed by atoms with Crippen LogP contribution in [0.2, 0.25) is 0 Å². The number of ether oxygens (including phenoxy) is 1. The first kappa shape index (κ1) is 17.5. The molecule has 1 heterocycles. The van der Waals surface area contributed by atoms with Crippen molar-refractivity contribution in [2.24, 2.45) is 0 Å². The van der Waals surface area contributed by atoms with Crippen LogP contribution in [0.25, 0.3) is 0 Å². The Morgan fingerprint density at radius 3 is 2.16 bits per heavy atom. The van der Waals surface area contributed by atoms with E-state index in [0.717, 1.165) is 38.5 Å². The van der Waals surface area contributed by atoms with Crippen LogP contribution in [0.15, 0.2) is 60.7 Å². The predicted octanol–water partition coefficient (Wildman–Crippen LogP) is 3.19. The van der Waals surface area contributed by atoms with Crippen molar-refractivity contribution in [2.75, 3.05) is 26.2 Å². The lowest BCUT2D eigenvalue weighted by Crippen LogP contribution is -2.52. The summed E-state index contributed by atoms with van der Waals surface area (Å²) in [5.41, 5.74) is 1.32. The minimum absolute atomic E-state index is 0.103. The van der Waals surface area contributed by atoms with Crippen molar-refractivity contribution in [2.45, 2.75) is 26.0 Å². The van der Waals surface area contributed by atoms with Crippen molar-refractivity contribution in [1.29, 1.82) is 0 Å². The number of benzene rings is 2. The van der Waals surface area contributed by atoms with Crippen molar-refractivity contribution >= 4 is 5.91 Å². The molecule has 1 fully saturated rings. The van der Waals surface area contributed by atoms with Gasteiger partial charge in [-0.2, -0.15) is 0 Å². The number of rotatable bonds is 6. The van der Waals surface area contributed by atoms with Gasteiger partial charge in [0.2, 0.25) is 0 Å². The fraction of sp³-hybridized carbons (Fsp3) is 0.381. The highest BCUT2D eigenvalue weighted by molar-refractivity contribution is 5.81. The largest absolute Gasteiger partial charge is 0.481 e. The first-order valence-electron chi connectivity index (χ1n) is 9.03. The van der Waals surface area contributed by atoms with Crippen LogP contribution in [0.3, 0.4) is 0 Å². The lowest BCUT2D eigenvalue weighted by molar-refractivity contribution is -0.140. The maximum absolute atomic E-state index is 12.8. The van der Waals surface area contributed by atoms with E-state index < -0.39 is 6.10 Å². The third-order valence-corrected chi connectivity index (χ3v) is 4.60. The number of nitrogens with zero attached hydrogens (tertiary/aromatic N) is 2. The van der Waals surface area contributed by atoms with Crippen molar-refractivity contribution < 1.29 is 9.53 Å². The zero-order valence-electron chi connectivity index (χ0n) is 14.8. The summed E-state index contributed by atoms with van der Waals surface area (Å²) >= 11 is 0. The molecule has 1 atom stereocenters. The summed E-state index contributed by atoms with van der Waals surface area (Å²) in [6, 6.07) is 20.1. The van der Waals surface area contributed by atoms with Crippen LogP contribution < -0.4 is 4.74 Å². The number of piperazine rings is 1. The normalized spacial score (nSPS) is 16.4. The van der Waals surface area contributed by atoms with E-state index in [1.54, 1.807) is 0 Å². The van der Waals surface area contributed by atoms with Gasteiger partial charge in [0.25, 0.3) is 5.91 Å². The third kappa shape index (κ3) is 4.83. The summed E-state index contributed by atoms with van der Waals surface area (Å²) in [6.07, 6.45) is 0.279. The van der Waals surface area contributed by atoms with E-state index in [-0.39, 0.29) is 5.91 Å². The Morgan fingerprint density at radius 2 is 1.56 bits per heavy atom. The van der Waals surface area contributed by atoms with Crippen LogP contribution in [0.5, 0.6) is 5.75 Å². The summed E-state index contributed by atoms with van der Waals surface area (Å²) in [5.74, 6) is 0.858. The summed E-state index contributed by atoms with van der Waals surface area (Å²) < 4.78 is 5.90. The quantitative estimate of drug-likeness (QED) is 0.811. The van der Waals surface area contributed by atoms with Gasteiger partial charge < -0.3 is 9.64 Å². The molecular formula is C21H26N2O2. The van der Waals surface area contributed by atoms with Crippen molar-refractivity contribution in [3.8, 4) is 5.75 Å². The maximum atomic E-state index is 12.8. The van der Waals surface area contributed by atoms with Gasteiger partial charge in [-0.3, -0.25) is 9.69 Å². The van der Waals surface area contributed by atoms with Crippen LogP contribution in [-0.2, 0) is 11.3 Å². The second-order valence-electron chi connectivity index (χ2n) is 6.41. The van der Waals surface area contributed by atoms with Gasteiger partial charge in [0.15, 0.2) is 6.10 Å². The first-order valence-corrected chi connectivity index (χ1v) is 9.03. The topological polar surface area (TPSA) is 32.8 Å². The van der Waals surface area contributed by atoms with Gasteiger partial charge in [0.1, 0.15) is 5.75 Å². The average Bonchev–Trinajstić information content (AvgIpc) is 2.68. The summed E-state index contributed by atoms with van der Waals surface area (Å²) in [5, 5.41) is 0. The van der Waals surface area contributed by atoms with Gasteiger partial charge in [0.05, 0.1) is 0 Å². The Hall–Kier alpha value is -2.33. The van der Waals surface area contributed by atoms with E-state index in [1.807, 2.05) is 48.2 Å². The molecular weight excluding hydrogens is 312 g/mol. The number of carbonyl (C=O) groups is 1. The average molecular weight is 338 g/mol. The Kier molecular flexibility index (Phi) is 6.07. The van der Waals surface area contributed by atoms with Crippen molar-refractivity contribution in [3.05, 3.63) is 66.2 Å². The number of hydrogen-bond donors (Lipinski definition) is 0. The molecule has 2 aromatic rings. The fourth-order valence-corrected chi connectivity index (χ4v) is 3.14. The Balaban J connectivity index is 1.51. The van der Waals surface area contributed by atoms with E-state index in [9.17, 15) is 4.79 Å². The summed E-state index contributed by atoms with van der Waals surface area (Å²) in [7, 11) is 0. The molecule has 0 bridgehead atoms. The van der Waals surface area contributed by atoms with E-state index >= 15 is 0 Å². The number of carbonyl (C=O) groups excluding carboxylic acids is 1. The zero-order valence-corrected chi connectivity index (χ0v) is 14.8. The van der Waals surface area contributed by atoms with E-state index in [2.05, 4.69) is 29.2 Å². The molecule has 0 aromatic heterocycles. The molecule has 1 aliphatic rings. The second-order valence-corrected chi connectivity index (χ2v) is 6.41. The number of para-hydroxylation sites is 1. The molecule has 0 unspecified atom stereocenters. The standard InChI is InChI=1S/C21H26N2O2/c1-2-20(25-19-11-7-4-8-12-19)21(24)23-15-13-22(14-16-23)17-18-9-5-3-6-10-18/h3-12,20H,2,13-17H2,1H3/t20-/m1/s1. The molecule has 0 N–H and O–H groups in total. The Labute approximate surface area is 150 Å². The molecule has 1 saturated heterocycles. The molecule has 0 saturated carbocycles. The van der Waals surface area contributed by atoms with Gasteiger partial charge in [-0.1, -0.05) is 55.5 Å². The van der Waals surface area contributed by atoms with Crippen molar-refractivity contribution in [3.63, 3.8) is 0 Å². The molecule has 4 nitrogen and oxygen atoms in total. The smallest absolute Gasteiger partial charge is 0.263 e. The van der Waals surface area contributed by atoms with Crippen LogP contribution in [0.1, 0.15) is 18.9 Å². The van der Waals surface area contributed by atoms with Gasteiger partial charge in [0, 0.05) is 32.7 Å². The maximum Gasteiger partial charge on any atom is 0.263 e. The van der Waals surface area contributed by atoms with E-state index in [0.29, 0.717) is 6.42 Å². The van der Waals surface area contributed by atoms with Gasteiger partial charge in [-0.05, 0) is 24.1 Å². The fourth-order valence-electron chi connectivity index (χ4n) is 3.14. The van der Waals surface area contributed by atoms with E-state index in [4.69, 9.17) is 4.74 Å². The number of hydrogen-bond acceptors (Lipinski definition) is 3. The third-order valence-electron chi connectivity index (χ3n) is 4.60. The Morgan fingerprint density at radius 1 is 0.960 bits per heavy atom. The zero-order chi connectivity index (χ0) is 17.5. The minimum Gasteiger partial charge on any atom is -0.481 e. The van der Waals surface area contributed by atoms with Crippen molar-refractivity contribution in [1.82, 2.24) is 9.80 Å². The molecule has 0 spiro atoms. The van der Waals surface area contributed by atoms with Gasteiger partial charge in [-0.25, -0.2) is 0 Å². The van der Waals surface area contributed by atoms with Crippen LogP contribution in [0.4, 0.5) is 0 Å². The van der Waals surface area contributed by atoms with Crippen LogP contribution in [0, 0.1) is 0 Å². The van der Waals surface area contributed by atoms with Gasteiger partial charge >= 0.3 is 0 Å². The SMILES string of the molecule is CC[C@@H](Oc1ccccc1)C(=O)N1CCN(Cc2ccccc2)CC1. The molecule has 1 aliphatic heterocycles. The molecule has 0 aliphatic carbocycles. The highest BCUT2D eigenvalue weighted by Gasteiger charge is 2.27. The molecule has 2 aromatic carbocycles. The van der Waals surface area contributed by atoms with Crippen LogP contribution in [-0.4, -0.2) is 48.0 Å². The second kappa shape index (κ2) is 8.67. The summed E-state index contributed by atoms with van der Waals surface area (Å²) in [4.78, 5) is 17.1. The molecule has 0 radical (unpaired) electrons. The summed E-state index contributed by atoms with van der Waals surface area (Å²) in [6.45, 7) is 6.28. The molecule has 3 rings (SSSR count). The highest BCUT2D eigenvalue weighted by Crippen LogP contribution is 2.16. The first-order chi connectivity index (χ1) is 12.3. The number of amides is 1.